The summed E-state index contributed by atoms with van der Waals surface area (Å²) in [5, 5.41) is 0. The molecule has 0 saturated carbocycles. The Morgan fingerprint density at radius 3 is 2.59 bits per heavy atom. The summed E-state index contributed by atoms with van der Waals surface area (Å²) >= 11 is 0. The second-order valence-corrected chi connectivity index (χ2v) is 6.52. The molecule has 0 bridgehead atoms. The molecule has 1 aliphatic rings. The van der Waals surface area contributed by atoms with Crippen molar-refractivity contribution in [3.63, 3.8) is 0 Å². The molecule has 29 heavy (non-hydrogen) atoms. The van der Waals surface area contributed by atoms with Crippen molar-refractivity contribution in [2.45, 2.75) is 6.61 Å². The molecule has 5 heteroatoms. The predicted molar refractivity (Wildman–Crippen MR) is 108 cm³/mol. The molecule has 146 valence electrons. The van der Waals surface area contributed by atoms with Crippen molar-refractivity contribution in [1.82, 2.24) is 0 Å². The lowest BCUT2D eigenvalue weighted by atomic mass is 10.1. The standard InChI is InChI=1S/C24H19FO4/c25-19-8-11-22(29-16-18-4-2-1-3-5-18)20(15-19)21(26)9-6-17-7-10-23-24(14-17)28-13-12-27-23/h1-11,14-15H,12-13,16H2. The number of hydrogen-bond donors (Lipinski definition) is 0. The van der Waals surface area contributed by atoms with Crippen LogP contribution in [0, 0.1) is 5.82 Å². The minimum atomic E-state index is -0.492. The first kappa shape index (κ1) is 18.7. The summed E-state index contributed by atoms with van der Waals surface area (Å²) in [6.07, 6.45) is 3.06. The number of ketones is 1. The van der Waals surface area contributed by atoms with E-state index in [1.54, 1.807) is 18.2 Å². The maximum Gasteiger partial charge on any atom is 0.189 e. The summed E-state index contributed by atoms with van der Waals surface area (Å²) in [6, 6.07) is 19.0. The number of benzene rings is 3. The molecule has 0 aliphatic carbocycles. The van der Waals surface area contributed by atoms with Gasteiger partial charge in [-0.1, -0.05) is 42.5 Å². The summed E-state index contributed by atoms with van der Waals surface area (Å²) in [7, 11) is 0. The van der Waals surface area contributed by atoms with Gasteiger partial charge in [-0.05, 0) is 47.5 Å². The Labute approximate surface area is 168 Å². The molecule has 0 aromatic heterocycles. The third-order valence-corrected chi connectivity index (χ3v) is 4.44. The molecular formula is C24H19FO4. The average Bonchev–Trinajstić information content (AvgIpc) is 2.77. The van der Waals surface area contributed by atoms with Crippen molar-refractivity contribution >= 4 is 11.9 Å². The maximum absolute atomic E-state index is 13.8. The van der Waals surface area contributed by atoms with Crippen molar-refractivity contribution < 1.29 is 23.4 Å². The number of allylic oxidation sites excluding steroid dienone is 1. The van der Waals surface area contributed by atoms with E-state index in [9.17, 15) is 9.18 Å². The van der Waals surface area contributed by atoms with Gasteiger partial charge in [0.05, 0.1) is 5.56 Å². The highest BCUT2D eigenvalue weighted by Gasteiger charge is 2.13. The van der Waals surface area contributed by atoms with E-state index in [0.29, 0.717) is 37.1 Å². The minimum absolute atomic E-state index is 0.176. The first-order valence-corrected chi connectivity index (χ1v) is 9.27. The van der Waals surface area contributed by atoms with E-state index in [-0.39, 0.29) is 11.3 Å². The second kappa shape index (κ2) is 8.61. The Kier molecular flexibility index (Phi) is 5.56. The Bertz CT molecular complexity index is 1040. The zero-order chi connectivity index (χ0) is 20.1. The van der Waals surface area contributed by atoms with Crippen LogP contribution >= 0.6 is 0 Å². The fourth-order valence-electron chi connectivity index (χ4n) is 2.98. The lowest BCUT2D eigenvalue weighted by molar-refractivity contribution is 0.104. The summed E-state index contributed by atoms with van der Waals surface area (Å²) < 4.78 is 30.6. The van der Waals surface area contributed by atoms with E-state index in [0.717, 1.165) is 11.1 Å². The fraction of sp³-hybridized carbons (Fsp3) is 0.125. The maximum atomic E-state index is 13.8. The Balaban J connectivity index is 1.51. The van der Waals surface area contributed by atoms with Crippen LogP contribution in [-0.4, -0.2) is 19.0 Å². The SMILES string of the molecule is O=C(C=Cc1ccc2c(c1)OCCO2)c1cc(F)ccc1OCc1ccccc1. The molecule has 0 atom stereocenters. The highest BCUT2D eigenvalue weighted by atomic mass is 19.1. The molecule has 1 heterocycles. The summed E-state index contributed by atoms with van der Waals surface area (Å²) in [5.74, 6) is 0.826. The third kappa shape index (κ3) is 4.63. The molecule has 0 spiro atoms. The molecule has 0 unspecified atom stereocenters. The third-order valence-electron chi connectivity index (χ3n) is 4.44. The first-order valence-electron chi connectivity index (χ1n) is 9.27. The summed E-state index contributed by atoms with van der Waals surface area (Å²) in [6.45, 7) is 1.30. The van der Waals surface area contributed by atoms with Crippen LogP contribution in [0.1, 0.15) is 21.5 Å². The van der Waals surface area contributed by atoms with Crippen LogP contribution in [-0.2, 0) is 6.61 Å². The molecule has 1 aliphatic heterocycles. The van der Waals surface area contributed by atoms with Crippen molar-refractivity contribution in [2.24, 2.45) is 0 Å². The van der Waals surface area contributed by atoms with Crippen LogP contribution in [0.2, 0.25) is 0 Å². The topological polar surface area (TPSA) is 44.8 Å². The van der Waals surface area contributed by atoms with Crippen molar-refractivity contribution in [1.29, 1.82) is 0 Å². The molecule has 4 rings (SSSR count). The number of carbonyl (C=O) groups is 1. The van der Waals surface area contributed by atoms with Gasteiger partial charge in [0, 0.05) is 0 Å². The summed E-state index contributed by atoms with van der Waals surface area (Å²) in [5.41, 5.74) is 1.92. The second-order valence-electron chi connectivity index (χ2n) is 6.52. The molecule has 0 saturated heterocycles. The highest BCUT2D eigenvalue weighted by molar-refractivity contribution is 6.08. The molecule has 0 amide bonds. The Hall–Kier alpha value is -3.60. The highest BCUT2D eigenvalue weighted by Crippen LogP contribution is 2.31. The van der Waals surface area contributed by atoms with Crippen LogP contribution in [0.4, 0.5) is 4.39 Å². The number of carbonyl (C=O) groups excluding carboxylic acids is 1. The zero-order valence-corrected chi connectivity index (χ0v) is 15.6. The van der Waals surface area contributed by atoms with Crippen molar-refractivity contribution in [3.05, 3.63) is 95.3 Å². The van der Waals surface area contributed by atoms with Crippen LogP contribution in [0.25, 0.3) is 6.08 Å². The van der Waals surface area contributed by atoms with Gasteiger partial charge in [-0.15, -0.1) is 0 Å². The van der Waals surface area contributed by atoms with Gasteiger partial charge in [-0.2, -0.15) is 0 Å². The van der Waals surface area contributed by atoms with Crippen LogP contribution in [0.3, 0.4) is 0 Å². The molecule has 3 aromatic rings. The number of fused-ring (bicyclic) bond motifs is 1. The fourth-order valence-corrected chi connectivity index (χ4v) is 2.98. The van der Waals surface area contributed by atoms with Gasteiger partial charge < -0.3 is 14.2 Å². The van der Waals surface area contributed by atoms with Gasteiger partial charge >= 0.3 is 0 Å². The minimum Gasteiger partial charge on any atom is -0.488 e. The van der Waals surface area contributed by atoms with E-state index >= 15 is 0 Å². The van der Waals surface area contributed by atoms with E-state index in [4.69, 9.17) is 14.2 Å². The predicted octanol–water partition coefficient (Wildman–Crippen LogP) is 5.07. The number of halogens is 1. The van der Waals surface area contributed by atoms with E-state index in [2.05, 4.69) is 0 Å². The van der Waals surface area contributed by atoms with Crippen LogP contribution < -0.4 is 14.2 Å². The van der Waals surface area contributed by atoms with Gasteiger partial charge in [0.15, 0.2) is 17.3 Å². The molecule has 3 aromatic carbocycles. The van der Waals surface area contributed by atoms with Gasteiger partial charge in [0.2, 0.25) is 0 Å². The molecular weight excluding hydrogens is 371 g/mol. The normalized spacial score (nSPS) is 12.7. The van der Waals surface area contributed by atoms with Crippen LogP contribution in [0.15, 0.2) is 72.8 Å². The summed E-state index contributed by atoms with van der Waals surface area (Å²) in [4.78, 5) is 12.7. The number of ether oxygens (including phenoxy) is 3. The van der Waals surface area contributed by atoms with Crippen molar-refractivity contribution in [3.8, 4) is 17.2 Å². The molecule has 0 radical (unpaired) electrons. The van der Waals surface area contributed by atoms with Gasteiger partial charge in [-0.3, -0.25) is 4.79 Å². The van der Waals surface area contributed by atoms with Gasteiger partial charge in [-0.25, -0.2) is 4.39 Å². The van der Waals surface area contributed by atoms with E-state index < -0.39 is 5.82 Å². The van der Waals surface area contributed by atoms with Gasteiger partial charge in [0.1, 0.15) is 31.4 Å². The van der Waals surface area contributed by atoms with Crippen LogP contribution in [0.5, 0.6) is 17.2 Å². The molecule has 0 N–H and O–H groups in total. The van der Waals surface area contributed by atoms with Gasteiger partial charge in [0.25, 0.3) is 0 Å². The number of hydrogen-bond acceptors (Lipinski definition) is 4. The Morgan fingerprint density at radius 2 is 1.76 bits per heavy atom. The first-order chi connectivity index (χ1) is 14.2. The monoisotopic (exact) mass is 390 g/mol. The smallest absolute Gasteiger partial charge is 0.189 e. The van der Waals surface area contributed by atoms with E-state index in [1.807, 2.05) is 36.4 Å². The number of rotatable bonds is 6. The van der Waals surface area contributed by atoms with E-state index in [1.165, 1.54) is 24.3 Å². The molecule has 0 fully saturated rings. The van der Waals surface area contributed by atoms with Crippen molar-refractivity contribution in [2.75, 3.05) is 13.2 Å². The lowest BCUT2D eigenvalue weighted by Crippen LogP contribution is -2.15. The average molecular weight is 390 g/mol. The quantitative estimate of drug-likeness (QED) is 0.435. The lowest BCUT2D eigenvalue weighted by Gasteiger charge is -2.18. The Morgan fingerprint density at radius 1 is 0.966 bits per heavy atom. The zero-order valence-electron chi connectivity index (χ0n) is 15.6. The molecule has 4 nitrogen and oxygen atoms in total. The largest absolute Gasteiger partial charge is 0.488 e.